The second-order valence-corrected chi connectivity index (χ2v) is 6.82. The Balaban J connectivity index is 1.69. The van der Waals surface area contributed by atoms with Crippen molar-refractivity contribution in [3.63, 3.8) is 0 Å². The van der Waals surface area contributed by atoms with Crippen LogP contribution in [0.3, 0.4) is 0 Å². The SMILES string of the molecule is C1=CC(SSSc2cc[cH-]c2)C=C1. The summed E-state index contributed by atoms with van der Waals surface area (Å²) in [7, 11) is 5.55. The maximum Gasteiger partial charge on any atom is 0.0525 e. The van der Waals surface area contributed by atoms with Crippen molar-refractivity contribution in [2.45, 2.75) is 10.1 Å². The van der Waals surface area contributed by atoms with Crippen molar-refractivity contribution >= 4 is 31.4 Å². The van der Waals surface area contributed by atoms with Gasteiger partial charge >= 0.3 is 0 Å². The molecule has 68 valence electrons. The van der Waals surface area contributed by atoms with Crippen LogP contribution < -0.4 is 0 Å². The second-order valence-electron chi connectivity index (χ2n) is 2.60. The van der Waals surface area contributed by atoms with Gasteiger partial charge in [0.1, 0.15) is 0 Å². The van der Waals surface area contributed by atoms with E-state index in [0.717, 1.165) is 0 Å². The Labute approximate surface area is 90.0 Å². The molecule has 1 aliphatic carbocycles. The first-order valence-electron chi connectivity index (χ1n) is 4.02. The zero-order valence-corrected chi connectivity index (χ0v) is 9.37. The van der Waals surface area contributed by atoms with E-state index in [-0.39, 0.29) is 0 Å². The summed E-state index contributed by atoms with van der Waals surface area (Å²) in [6, 6.07) is 8.42. The molecule has 0 unspecified atom stereocenters. The van der Waals surface area contributed by atoms with Gasteiger partial charge in [0, 0.05) is 0 Å². The van der Waals surface area contributed by atoms with Crippen LogP contribution in [0.4, 0.5) is 0 Å². The fourth-order valence-corrected chi connectivity index (χ4v) is 5.00. The lowest BCUT2D eigenvalue weighted by atomic mass is 10.5. The van der Waals surface area contributed by atoms with E-state index in [1.54, 1.807) is 0 Å². The van der Waals surface area contributed by atoms with Gasteiger partial charge in [-0.2, -0.15) is 24.3 Å². The van der Waals surface area contributed by atoms with Crippen molar-refractivity contribution in [1.82, 2.24) is 0 Å². The molecule has 1 aromatic carbocycles. The Kier molecular flexibility index (Phi) is 3.58. The molecule has 0 saturated carbocycles. The average molecular weight is 225 g/mol. The van der Waals surface area contributed by atoms with Gasteiger partial charge in [0.2, 0.25) is 0 Å². The first-order chi connectivity index (χ1) is 6.45. The van der Waals surface area contributed by atoms with Crippen molar-refractivity contribution < 1.29 is 0 Å². The summed E-state index contributed by atoms with van der Waals surface area (Å²) < 4.78 is 0. The van der Waals surface area contributed by atoms with E-state index in [1.165, 1.54) is 4.90 Å². The van der Waals surface area contributed by atoms with E-state index in [9.17, 15) is 0 Å². The molecule has 0 atom stereocenters. The fourth-order valence-electron chi connectivity index (χ4n) is 0.992. The maximum atomic E-state index is 2.21. The van der Waals surface area contributed by atoms with Crippen LogP contribution in [0.1, 0.15) is 0 Å². The van der Waals surface area contributed by atoms with Gasteiger partial charge < -0.3 is 0 Å². The first kappa shape index (κ1) is 9.44. The van der Waals surface area contributed by atoms with Crippen molar-refractivity contribution in [3.8, 4) is 0 Å². The van der Waals surface area contributed by atoms with Gasteiger partial charge in [0.15, 0.2) is 0 Å². The summed E-state index contributed by atoms with van der Waals surface area (Å²) in [4.78, 5) is 1.34. The van der Waals surface area contributed by atoms with Crippen LogP contribution >= 0.6 is 31.4 Å². The highest BCUT2D eigenvalue weighted by molar-refractivity contribution is 9.09. The summed E-state index contributed by atoms with van der Waals surface area (Å²) in [5.41, 5.74) is 0. The minimum absolute atomic E-state index is 0.562. The van der Waals surface area contributed by atoms with Gasteiger partial charge in [-0.1, -0.05) is 35.1 Å². The number of hydrogen-bond acceptors (Lipinski definition) is 3. The van der Waals surface area contributed by atoms with Crippen molar-refractivity contribution in [2.24, 2.45) is 0 Å². The van der Waals surface area contributed by atoms with Crippen LogP contribution in [0, 0.1) is 0 Å². The van der Waals surface area contributed by atoms with Gasteiger partial charge in [-0.15, -0.1) is 15.7 Å². The molecule has 0 radical (unpaired) electrons. The minimum Gasteiger partial charge on any atom is -0.200 e. The number of hydrogen-bond donors (Lipinski definition) is 0. The van der Waals surface area contributed by atoms with Crippen LogP contribution in [0.5, 0.6) is 0 Å². The van der Waals surface area contributed by atoms with Gasteiger partial charge in [-0.25, -0.2) is 0 Å². The molecular formula is C10H9S3-. The molecule has 0 saturated heterocycles. The topological polar surface area (TPSA) is 0 Å². The van der Waals surface area contributed by atoms with E-state index < -0.39 is 0 Å². The third-order valence-electron chi connectivity index (χ3n) is 1.63. The monoisotopic (exact) mass is 225 g/mol. The third kappa shape index (κ3) is 2.93. The number of rotatable bonds is 4. The molecule has 0 bridgehead atoms. The Bertz CT molecular complexity index is 286. The van der Waals surface area contributed by atoms with Crippen LogP contribution in [0.15, 0.2) is 53.5 Å². The average Bonchev–Trinajstić information content (AvgIpc) is 2.75. The Morgan fingerprint density at radius 2 is 2.08 bits per heavy atom. The second kappa shape index (κ2) is 4.94. The van der Waals surface area contributed by atoms with E-state index in [0.29, 0.717) is 5.25 Å². The van der Waals surface area contributed by atoms with E-state index >= 15 is 0 Å². The lowest BCUT2D eigenvalue weighted by molar-refractivity contribution is 1.49. The van der Waals surface area contributed by atoms with Gasteiger partial charge in [-0.3, -0.25) is 0 Å². The first-order valence-corrected chi connectivity index (χ1v) is 7.56. The Morgan fingerprint density at radius 1 is 1.23 bits per heavy atom. The summed E-state index contributed by atoms with van der Waals surface area (Å²) in [5, 5.41) is 0.562. The van der Waals surface area contributed by atoms with E-state index in [1.807, 2.05) is 31.4 Å². The lowest BCUT2D eigenvalue weighted by Crippen LogP contribution is -1.82. The predicted octanol–water partition coefficient (Wildman–Crippen LogP) is 4.29. The smallest absolute Gasteiger partial charge is 0.0525 e. The lowest BCUT2D eigenvalue weighted by Gasteiger charge is -2.05. The van der Waals surface area contributed by atoms with Crippen molar-refractivity contribution in [3.05, 3.63) is 48.6 Å². The van der Waals surface area contributed by atoms with Gasteiger partial charge in [0.05, 0.1) is 5.25 Å². The highest BCUT2D eigenvalue weighted by Crippen LogP contribution is 2.43. The van der Waals surface area contributed by atoms with Gasteiger partial charge in [0.25, 0.3) is 0 Å². The van der Waals surface area contributed by atoms with E-state index in [2.05, 4.69) is 48.6 Å². The maximum absolute atomic E-state index is 2.21. The molecular weight excluding hydrogens is 216 g/mol. The van der Waals surface area contributed by atoms with E-state index in [4.69, 9.17) is 0 Å². The molecule has 0 amide bonds. The molecule has 1 aliphatic rings. The van der Waals surface area contributed by atoms with Gasteiger partial charge in [-0.05, 0) is 9.83 Å². The molecule has 3 heteroatoms. The standard InChI is InChI=1S/C10H9S3/c1-2-6-9(5-1)11-13-12-10-7-3-4-8-10/h1-9H/q-1. The predicted molar refractivity (Wildman–Crippen MR) is 65.1 cm³/mol. The quantitative estimate of drug-likeness (QED) is 0.554. The molecule has 2 rings (SSSR count). The molecule has 0 aromatic heterocycles. The van der Waals surface area contributed by atoms with Crippen LogP contribution in [0.2, 0.25) is 0 Å². The van der Waals surface area contributed by atoms with Crippen molar-refractivity contribution in [2.75, 3.05) is 0 Å². The zero-order chi connectivity index (χ0) is 8.93. The summed E-state index contributed by atoms with van der Waals surface area (Å²) in [6.07, 6.45) is 8.63. The number of allylic oxidation sites excluding steroid dienone is 2. The van der Waals surface area contributed by atoms with Crippen LogP contribution in [-0.2, 0) is 0 Å². The largest absolute Gasteiger partial charge is 0.200 e. The van der Waals surface area contributed by atoms with Crippen LogP contribution in [0.25, 0.3) is 0 Å². The summed E-state index contributed by atoms with van der Waals surface area (Å²) >= 11 is 0. The fraction of sp³-hybridized carbons (Fsp3) is 0.100. The molecule has 0 aliphatic heterocycles. The van der Waals surface area contributed by atoms with Crippen LogP contribution in [-0.4, -0.2) is 5.25 Å². The minimum atomic E-state index is 0.562. The normalized spacial score (nSPS) is 15.7. The molecule has 0 fully saturated rings. The van der Waals surface area contributed by atoms with Crippen molar-refractivity contribution in [1.29, 1.82) is 0 Å². The molecule has 1 aromatic rings. The molecule has 13 heavy (non-hydrogen) atoms. The Morgan fingerprint density at radius 3 is 2.77 bits per heavy atom. The third-order valence-corrected chi connectivity index (χ3v) is 5.78. The molecule has 0 nitrogen and oxygen atoms in total. The summed E-state index contributed by atoms with van der Waals surface area (Å²) in [5.74, 6) is 0. The summed E-state index contributed by atoms with van der Waals surface area (Å²) in [6.45, 7) is 0. The molecule has 0 N–H and O–H groups in total. The zero-order valence-electron chi connectivity index (χ0n) is 6.92. The Hall–Kier alpha value is -0.120. The highest BCUT2D eigenvalue weighted by Gasteiger charge is 2.03. The highest BCUT2D eigenvalue weighted by atomic mass is 33.5. The molecule has 0 spiro atoms. The molecule has 0 heterocycles.